The van der Waals surface area contributed by atoms with Gasteiger partial charge in [-0.1, -0.05) is 60.7 Å². The fourth-order valence-corrected chi connectivity index (χ4v) is 2.71. The van der Waals surface area contributed by atoms with Crippen molar-refractivity contribution < 1.29 is 14.6 Å². The molecule has 0 aliphatic carbocycles. The van der Waals surface area contributed by atoms with Gasteiger partial charge in [-0.25, -0.2) is 0 Å². The first-order chi connectivity index (χ1) is 11.5. The third kappa shape index (κ3) is 5.48. The number of nitrogens with one attached hydrogen (secondary N) is 1. The molecule has 0 heterocycles. The van der Waals surface area contributed by atoms with Gasteiger partial charge >= 0.3 is 0 Å². The van der Waals surface area contributed by atoms with Gasteiger partial charge in [0.25, 0.3) is 0 Å². The molecule has 0 radical (unpaired) electrons. The average Bonchev–Trinajstić information content (AvgIpc) is 2.59. The first kappa shape index (κ1) is 18.2. The van der Waals surface area contributed by atoms with Crippen LogP contribution in [-0.2, 0) is 9.53 Å². The Labute approximate surface area is 143 Å². The lowest BCUT2D eigenvalue weighted by Crippen LogP contribution is -2.44. The van der Waals surface area contributed by atoms with Gasteiger partial charge < -0.3 is 15.2 Å². The first-order valence-corrected chi connectivity index (χ1v) is 8.10. The molecule has 0 aliphatic heterocycles. The maximum Gasteiger partial charge on any atom is 0.221 e. The van der Waals surface area contributed by atoms with E-state index in [9.17, 15) is 9.90 Å². The summed E-state index contributed by atoms with van der Waals surface area (Å²) in [5.74, 6) is -0.108. The molecule has 128 valence electrons. The molecule has 0 saturated heterocycles. The molecule has 4 heteroatoms. The number of ether oxygens (including phenoxy) is 1. The Morgan fingerprint density at radius 2 is 1.58 bits per heavy atom. The van der Waals surface area contributed by atoms with Crippen molar-refractivity contribution in [1.82, 2.24) is 5.32 Å². The highest BCUT2D eigenvalue weighted by atomic mass is 16.5. The number of rotatable bonds is 8. The Kier molecular flexibility index (Phi) is 6.53. The summed E-state index contributed by atoms with van der Waals surface area (Å²) in [6, 6.07) is 20.0. The van der Waals surface area contributed by atoms with Crippen LogP contribution in [0.15, 0.2) is 60.7 Å². The van der Waals surface area contributed by atoms with Crippen LogP contribution in [0, 0.1) is 0 Å². The molecule has 0 spiro atoms. The second kappa shape index (κ2) is 8.62. The van der Waals surface area contributed by atoms with Gasteiger partial charge in [0.1, 0.15) is 5.60 Å². The molecule has 2 rings (SSSR count). The van der Waals surface area contributed by atoms with Crippen molar-refractivity contribution in [2.75, 3.05) is 20.3 Å². The lowest BCUT2D eigenvalue weighted by molar-refractivity contribution is -0.123. The third-order valence-corrected chi connectivity index (χ3v) is 3.92. The molecule has 4 nitrogen and oxygen atoms in total. The number of amides is 1. The molecule has 1 atom stereocenters. The van der Waals surface area contributed by atoms with E-state index in [4.69, 9.17) is 4.74 Å². The van der Waals surface area contributed by atoms with Gasteiger partial charge in [-0.3, -0.25) is 4.79 Å². The topological polar surface area (TPSA) is 58.6 Å². The van der Waals surface area contributed by atoms with E-state index < -0.39 is 5.60 Å². The van der Waals surface area contributed by atoms with Crippen molar-refractivity contribution in [3.8, 4) is 0 Å². The summed E-state index contributed by atoms with van der Waals surface area (Å²) in [5.41, 5.74) is 1.13. The Morgan fingerprint density at radius 1 is 1.08 bits per heavy atom. The van der Waals surface area contributed by atoms with Gasteiger partial charge in [-0.05, 0) is 18.1 Å². The van der Waals surface area contributed by atoms with Crippen molar-refractivity contribution >= 4 is 5.91 Å². The minimum absolute atomic E-state index is 0.0141. The molecule has 0 aliphatic rings. The number of hydrogen-bond donors (Lipinski definition) is 2. The smallest absolute Gasteiger partial charge is 0.221 e. The van der Waals surface area contributed by atoms with Crippen LogP contribution in [0.5, 0.6) is 0 Å². The number of methoxy groups -OCH3 is 1. The van der Waals surface area contributed by atoms with Crippen LogP contribution in [-0.4, -0.2) is 36.9 Å². The van der Waals surface area contributed by atoms with Crippen molar-refractivity contribution in [3.63, 3.8) is 0 Å². The highest BCUT2D eigenvalue weighted by Gasteiger charge is 2.23. The van der Waals surface area contributed by atoms with Crippen LogP contribution < -0.4 is 5.32 Å². The van der Waals surface area contributed by atoms with E-state index in [0.29, 0.717) is 6.42 Å². The Hall–Kier alpha value is -2.17. The Morgan fingerprint density at radius 3 is 2.04 bits per heavy atom. The standard InChI is InChI=1S/C20H25NO3/c1-20(23,15-24-2)14-21-19(22)13-18(16-9-5-3-6-10-16)17-11-7-4-8-12-17/h3-12,18,23H,13-15H2,1-2H3,(H,21,22)/t20-/m1/s1. The second-order valence-corrected chi connectivity index (χ2v) is 6.28. The van der Waals surface area contributed by atoms with Gasteiger partial charge in [-0.2, -0.15) is 0 Å². The van der Waals surface area contributed by atoms with E-state index in [2.05, 4.69) is 5.32 Å². The summed E-state index contributed by atoms with van der Waals surface area (Å²) < 4.78 is 4.96. The Balaban J connectivity index is 2.08. The SMILES string of the molecule is COC[C@](C)(O)CNC(=O)CC(c1ccccc1)c1ccccc1. The number of hydrogen-bond acceptors (Lipinski definition) is 3. The molecule has 0 unspecified atom stereocenters. The molecular weight excluding hydrogens is 302 g/mol. The highest BCUT2D eigenvalue weighted by Crippen LogP contribution is 2.27. The zero-order chi connectivity index (χ0) is 17.4. The van der Waals surface area contributed by atoms with Crippen molar-refractivity contribution in [2.24, 2.45) is 0 Å². The summed E-state index contributed by atoms with van der Waals surface area (Å²) in [5, 5.41) is 12.9. The molecule has 0 bridgehead atoms. The zero-order valence-electron chi connectivity index (χ0n) is 14.2. The predicted molar refractivity (Wildman–Crippen MR) is 94.9 cm³/mol. The molecule has 2 N–H and O–H groups in total. The quantitative estimate of drug-likeness (QED) is 0.784. The first-order valence-electron chi connectivity index (χ1n) is 8.10. The van der Waals surface area contributed by atoms with Gasteiger partial charge in [-0.15, -0.1) is 0 Å². The van der Waals surface area contributed by atoms with Gasteiger partial charge in [0, 0.05) is 26.0 Å². The van der Waals surface area contributed by atoms with Crippen LogP contribution in [0.25, 0.3) is 0 Å². The van der Waals surface area contributed by atoms with Crippen molar-refractivity contribution in [3.05, 3.63) is 71.8 Å². The van der Waals surface area contributed by atoms with Crippen molar-refractivity contribution in [2.45, 2.75) is 24.9 Å². The van der Waals surface area contributed by atoms with Crippen LogP contribution in [0.4, 0.5) is 0 Å². The normalized spacial score (nSPS) is 13.5. The third-order valence-electron chi connectivity index (χ3n) is 3.92. The molecule has 0 fully saturated rings. The fraction of sp³-hybridized carbons (Fsp3) is 0.350. The second-order valence-electron chi connectivity index (χ2n) is 6.28. The number of benzene rings is 2. The fourth-order valence-electron chi connectivity index (χ4n) is 2.71. The molecule has 2 aromatic rings. The summed E-state index contributed by atoms with van der Waals surface area (Å²) in [7, 11) is 1.52. The highest BCUT2D eigenvalue weighted by molar-refractivity contribution is 5.77. The molecule has 2 aromatic carbocycles. The maximum atomic E-state index is 12.4. The van der Waals surface area contributed by atoms with E-state index >= 15 is 0 Å². The largest absolute Gasteiger partial charge is 0.386 e. The lowest BCUT2D eigenvalue weighted by Gasteiger charge is -2.23. The number of carbonyl (C=O) groups is 1. The van der Waals surface area contributed by atoms with Crippen LogP contribution in [0.3, 0.4) is 0 Å². The van der Waals surface area contributed by atoms with Crippen LogP contribution in [0.2, 0.25) is 0 Å². The van der Waals surface area contributed by atoms with E-state index in [1.807, 2.05) is 60.7 Å². The van der Waals surface area contributed by atoms with E-state index in [0.717, 1.165) is 11.1 Å². The zero-order valence-corrected chi connectivity index (χ0v) is 14.2. The molecule has 24 heavy (non-hydrogen) atoms. The van der Waals surface area contributed by atoms with Crippen LogP contribution in [0.1, 0.15) is 30.4 Å². The molecule has 0 saturated carbocycles. The lowest BCUT2D eigenvalue weighted by atomic mass is 9.88. The van der Waals surface area contributed by atoms with Crippen molar-refractivity contribution in [1.29, 1.82) is 0 Å². The summed E-state index contributed by atoms with van der Waals surface area (Å²) in [6.07, 6.45) is 0.330. The Bertz CT molecular complexity index is 586. The van der Waals surface area contributed by atoms with E-state index in [-0.39, 0.29) is 25.0 Å². The molecule has 1 amide bonds. The minimum Gasteiger partial charge on any atom is -0.386 e. The molecular formula is C20H25NO3. The average molecular weight is 327 g/mol. The monoisotopic (exact) mass is 327 g/mol. The summed E-state index contributed by atoms with van der Waals surface area (Å²) >= 11 is 0. The summed E-state index contributed by atoms with van der Waals surface area (Å²) in [6.45, 7) is 1.98. The number of aliphatic hydroxyl groups is 1. The van der Waals surface area contributed by atoms with Crippen LogP contribution >= 0.6 is 0 Å². The van der Waals surface area contributed by atoms with Gasteiger partial charge in [0.05, 0.1) is 6.61 Å². The molecule has 0 aromatic heterocycles. The summed E-state index contributed by atoms with van der Waals surface area (Å²) in [4.78, 5) is 12.4. The van der Waals surface area contributed by atoms with E-state index in [1.165, 1.54) is 7.11 Å². The van der Waals surface area contributed by atoms with Gasteiger partial charge in [0.15, 0.2) is 0 Å². The predicted octanol–water partition coefficient (Wildman–Crippen LogP) is 2.72. The van der Waals surface area contributed by atoms with E-state index in [1.54, 1.807) is 6.92 Å². The maximum absolute atomic E-state index is 12.4. The minimum atomic E-state index is -1.07. The van der Waals surface area contributed by atoms with Gasteiger partial charge in [0.2, 0.25) is 5.91 Å². The number of carbonyl (C=O) groups excluding carboxylic acids is 1.